The van der Waals surface area contributed by atoms with Crippen molar-refractivity contribution in [1.29, 1.82) is 0 Å². The monoisotopic (exact) mass is 385 g/mol. The fourth-order valence-corrected chi connectivity index (χ4v) is 3.07. The Morgan fingerprint density at radius 2 is 1.48 bits per heavy atom. The number of hydrogen-bond acceptors (Lipinski definition) is 5. The van der Waals surface area contributed by atoms with Gasteiger partial charge in [0.15, 0.2) is 5.78 Å². The van der Waals surface area contributed by atoms with E-state index in [9.17, 15) is 14.4 Å². The Morgan fingerprint density at radius 3 is 2.07 bits per heavy atom. The second-order valence-corrected chi connectivity index (χ2v) is 6.02. The highest BCUT2D eigenvalue weighted by Crippen LogP contribution is 2.29. The number of ketones is 1. The number of rotatable bonds is 5. The second kappa shape index (κ2) is 7.63. The number of methoxy groups -OCH3 is 2. The van der Waals surface area contributed by atoms with Crippen LogP contribution in [0.25, 0.3) is 10.9 Å². The molecule has 3 rings (SSSR count). The van der Waals surface area contributed by atoms with E-state index in [1.165, 1.54) is 32.5 Å². The first kappa shape index (κ1) is 18.7. The first-order valence-electron chi connectivity index (χ1n) is 8.02. The van der Waals surface area contributed by atoms with Crippen molar-refractivity contribution in [3.05, 3.63) is 70.4 Å². The normalized spacial score (nSPS) is 10.6. The van der Waals surface area contributed by atoms with Crippen LogP contribution < -0.4 is 0 Å². The number of benzene rings is 2. The number of aromatic amines is 1. The first-order valence-corrected chi connectivity index (χ1v) is 8.55. The predicted octanol–water partition coefficient (Wildman–Crippen LogP) is 3.71. The number of esters is 2. The molecule has 0 aliphatic carbocycles. The molecule has 2 aromatic carbocycles. The third-order valence-electron chi connectivity index (χ3n) is 4.26. The lowest BCUT2D eigenvalue weighted by atomic mass is 9.97. The number of fused-ring (bicyclic) bond motifs is 1. The predicted molar refractivity (Wildman–Crippen MR) is 100 cm³/mol. The van der Waals surface area contributed by atoms with Gasteiger partial charge in [-0.05, 0) is 17.7 Å². The SMILES string of the molecule is COC(=O)c1ccc(C(=O)OC)c2c(C(=O)c3ccc(CCl)cc3)c[nH]c12. The van der Waals surface area contributed by atoms with Crippen LogP contribution in [0.2, 0.25) is 0 Å². The fraction of sp³-hybridized carbons (Fsp3) is 0.150. The fourth-order valence-electron chi connectivity index (χ4n) is 2.89. The van der Waals surface area contributed by atoms with Crippen LogP contribution >= 0.6 is 11.6 Å². The number of aromatic nitrogens is 1. The average molecular weight is 386 g/mol. The molecular weight excluding hydrogens is 370 g/mol. The maximum absolute atomic E-state index is 13.0. The number of nitrogens with one attached hydrogen (secondary N) is 1. The van der Waals surface area contributed by atoms with Gasteiger partial charge in [-0.2, -0.15) is 0 Å². The summed E-state index contributed by atoms with van der Waals surface area (Å²) in [7, 11) is 2.51. The van der Waals surface area contributed by atoms with E-state index in [0.29, 0.717) is 22.3 Å². The van der Waals surface area contributed by atoms with Crippen molar-refractivity contribution in [3.8, 4) is 0 Å². The van der Waals surface area contributed by atoms with Crippen LogP contribution in [-0.2, 0) is 15.4 Å². The van der Waals surface area contributed by atoms with Crippen molar-refractivity contribution < 1.29 is 23.9 Å². The largest absolute Gasteiger partial charge is 0.465 e. The molecule has 0 unspecified atom stereocenters. The van der Waals surface area contributed by atoms with Crippen molar-refractivity contribution in [2.24, 2.45) is 0 Å². The minimum Gasteiger partial charge on any atom is -0.465 e. The van der Waals surface area contributed by atoms with Gasteiger partial charge < -0.3 is 14.5 Å². The van der Waals surface area contributed by atoms with E-state index >= 15 is 0 Å². The maximum Gasteiger partial charge on any atom is 0.339 e. The molecule has 0 aliphatic rings. The van der Waals surface area contributed by atoms with Gasteiger partial charge >= 0.3 is 11.9 Å². The number of carbonyl (C=O) groups excluding carboxylic acids is 3. The summed E-state index contributed by atoms with van der Waals surface area (Å²) in [6.45, 7) is 0. The Kier molecular flexibility index (Phi) is 5.28. The van der Waals surface area contributed by atoms with E-state index in [0.717, 1.165) is 5.56 Å². The Bertz CT molecular complexity index is 1040. The molecule has 0 saturated carbocycles. The highest BCUT2D eigenvalue weighted by Gasteiger charge is 2.24. The number of H-pyrrole nitrogens is 1. The lowest BCUT2D eigenvalue weighted by Gasteiger charge is -2.08. The Balaban J connectivity index is 2.21. The summed E-state index contributed by atoms with van der Waals surface area (Å²) >= 11 is 5.78. The maximum atomic E-state index is 13.0. The van der Waals surface area contributed by atoms with Crippen molar-refractivity contribution in [2.75, 3.05) is 14.2 Å². The smallest absolute Gasteiger partial charge is 0.339 e. The van der Waals surface area contributed by atoms with Crippen LogP contribution in [0.4, 0.5) is 0 Å². The molecule has 0 saturated heterocycles. The van der Waals surface area contributed by atoms with Crippen molar-refractivity contribution >= 4 is 40.2 Å². The van der Waals surface area contributed by atoms with Gasteiger partial charge in [-0.25, -0.2) is 9.59 Å². The van der Waals surface area contributed by atoms with E-state index in [1.54, 1.807) is 24.3 Å². The van der Waals surface area contributed by atoms with Gasteiger partial charge in [0.2, 0.25) is 0 Å². The van der Waals surface area contributed by atoms with Gasteiger partial charge in [-0.1, -0.05) is 24.3 Å². The minimum atomic E-state index is -0.609. The summed E-state index contributed by atoms with van der Waals surface area (Å²) in [5, 5.41) is 0.316. The molecule has 7 heteroatoms. The van der Waals surface area contributed by atoms with Gasteiger partial charge in [0.05, 0.1) is 30.9 Å². The zero-order valence-corrected chi connectivity index (χ0v) is 15.4. The quantitative estimate of drug-likeness (QED) is 0.411. The Labute approximate surface area is 160 Å². The van der Waals surface area contributed by atoms with E-state index in [4.69, 9.17) is 21.1 Å². The van der Waals surface area contributed by atoms with E-state index in [-0.39, 0.29) is 22.5 Å². The lowest BCUT2D eigenvalue weighted by Crippen LogP contribution is -2.08. The molecular formula is C20H16ClNO5. The molecule has 0 fully saturated rings. The van der Waals surface area contributed by atoms with Crippen LogP contribution in [-0.4, -0.2) is 36.9 Å². The second-order valence-electron chi connectivity index (χ2n) is 5.76. The average Bonchev–Trinajstić information content (AvgIpc) is 3.16. The van der Waals surface area contributed by atoms with E-state index in [1.807, 2.05) is 0 Å². The summed E-state index contributed by atoms with van der Waals surface area (Å²) in [6.07, 6.45) is 1.47. The lowest BCUT2D eigenvalue weighted by molar-refractivity contribution is 0.0590. The first-order chi connectivity index (χ1) is 13.0. The van der Waals surface area contributed by atoms with Crippen molar-refractivity contribution in [1.82, 2.24) is 4.98 Å². The topological polar surface area (TPSA) is 85.5 Å². The van der Waals surface area contributed by atoms with Crippen LogP contribution in [0.15, 0.2) is 42.6 Å². The third-order valence-corrected chi connectivity index (χ3v) is 4.57. The van der Waals surface area contributed by atoms with E-state index < -0.39 is 11.9 Å². The van der Waals surface area contributed by atoms with Gasteiger partial charge in [-0.3, -0.25) is 4.79 Å². The molecule has 1 N–H and O–H groups in total. The zero-order valence-electron chi connectivity index (χ0n) is 14.7. The van der Waals surface area contributed by atoms with Gasteiger partial charge in [0, 0.05) is 28.6 Å². The number of ether oxygens (including phenoxy) is 2. The molecule has 0 bridgehead atoms. The molecule has 138 valence electrons. The van der Waals surface area contributed by atoms with Gasteiger partial charge in [-0.15, -0.1) is 11.6 Å². The Morgan fingerprint density at radius 1 is 0.889 bits per heavy atom. The van der Waals surface area contributed by atoms with Crippen LogP contribution in [0, 0.1) is 0 Å². The third kappa shape index (κ3) is 3.31. The number of halogens is 1. The molecule has 6 nitrogen and oxygen atoms in total. The summed E-state index contributed by atoms with van der Waals surface area (Å²) in [6, 6.07) is 9.76. The van der Waals surface area contributed by atoms with Gasteiger partial charge in [0.25, 0.3) is 0 Å². The molecule has 1 heterocycles. The highest BCUT2D eigenvalue weighted by molar-refractivity contribution is 6.22. The summed E-state index contributed by atoms with van der Waals surface area (Å²) < 4.78 is 9.59. The van der Waals surface area contributed by atoms with Crippen molar-refractivity contribution in [3.63, 3.8) is 0 Å². The highest BCUT2D eigenvalue weighted by atomic mass is 35.5. The molecule has 3 aromatic rings. The van der Waals surface area contributed by atoms with Gasteiger partial charge in [0.1, 0.15) is 0 Å². The van der Waals surface area contributed by atoms with Crippen LogP contribution in [0.5, 0.6) is 0 Å². The molecule has 0 spiro atoms. The molecule has 27 heavy (non-hydrogen) atoms. The number of hydrogen-bond donors (Lipinski definition) is 1. The summed E-state index contributed by atoms with van der Waals surface area (Å²) in [4.78, 5) is 40.2. The Hall–Kier alpha value is -3.12. The van der Waals surface area contributed by atoms with Crippen LogP contribution in [0.3, 0.4) is 0 Å². The molecule has 1 aromatic heterocycles. The van der Waals surface area contributed by atoms with Crippen LogP contribution in [0.1, 0.15) is 42.2 Å². The zero-order chi connectivity index (χ0) is 19.6. The molecule has 0 aliphatic heterocycles. The summed E-state index contributed by atoms with van der Waals surface area (Å²) in [5.74, 6) is -1.14. The molecule has 0 amide bonds. The molecule has 0 radical (unpaired) electrons. The minimum absolute atomic E-state index is 0.183. The molecule has 0 atom stereocenters. The standard InChI is InChI=1S/C20H16ClNO5/c1-26-19(24)13-7-8-14(20(25)27-2)17-16(13)15(10-22-17)18(23)12-5-3-11(9-21)4-6-12/h3-8,10,22H,9H2,1-2H3. The van der Waals surface area contributed by atoms with E-state index in [2.05, 4.69) is 4.98 Å². The number of carbonyl (C=O) groups is 3. The number of alkyl halides is 1. The summed E-state index contributed by atoms with van der Waals surface area (Å²) in [5.41, 5.74) is 2.32. The van der Waals surface area contributed by atoms with Crippen molar-refractivity contribution in [2.45, 2.75) is 5.88 Å².